The standard InChI is InChI=1S/C21H23N3O3S/c1-13-9-10-19(27-12-17-8-6-5-7-14(17)2)18(11-13)20-24(16(4)26)23-21(28-20)22-15(3)25/h5-11,20H,12H2,1-4H3,(H,22,23,25). The molecule has 1 heterocycles. The summed E-state index contributed by atoms with van der Waals surface area (Å²) in [6, 6.07) is 14.0. The van der Waals surface area contributed by atoms with Crippen LogP contribution in [0.5, 0.6) is 5.75 Å². The first-order valence-corrected chi connectivity index (χ1v) is 9.83. The van der Waals surface area contributed by atoms with Gasteiger partial charge in [-0.15, -0.1) is 5.10 Å². The highest BCUT2D eigenvalue weighted by Crippen LogP contribution is 2.43. The van der Waals surface area contributed by atoms with Gasteiger partial charge in [-0.3, -0.25) is 9.59 Å². The second kappa shape index (κ2) is 8.48. The Morgan fingerprint density at radius 1 is 1.18 bits per heavy atom. The largest absolute Gasteiger partial charge is 0.488 e. The summed E-state index contributed by atoms with van der Waals surface area (Å²) < 4.78 is 6.13. The van der Waals surface area contributed by atoms with Crippen LogP contribution in [-0.4, -0.2) is 22.0 Å². The number of thioether (sulfide) groups is 1. The molecular formula is C21H23N3O3S. The fourth-order valence-electron chi connectivity index (χ4n) is 2.89. The molecule has 0 spiro atoms. The van der Waals surface area contributed by atoms with Crippen molar-refractivity contribution in [3.63, 3.8) is 0 Å². The van der Waals surface area contributed by atoms with E-state index in [1.165, 1.54) is 30.6 Å². The molecule has 0 aromatic heterocycles. The summed E-state index contributed by atoms with van der Waals surface area (Å²) in [6.07, 6.45) is 0. The maximum atomic E-state index is 12.1. The maximum absolute atomic E-state index is 12.1. The number of hydrazone groups is 1. The molecule has 1 aliphatic rings. The van der Waals surface area contributed by atoms with Crippen molar-refractivity contribution < 1.29 is 14.3 Å². The van der Waals surface area contributed by atoms with Gasteiger partial charge >= 0.3 is 0 Å². The van der Waals surface area contributed by atoms with Crippen LogP contribution in [0.2, 0.25) is 0 Å². The number of carbonyl (C=O) groups is 2. The number of nitrogens with one attached hydrogen (secondary N) is 1. The van der Waals surface area contributed by atoms with Crippen molar-refractivity contribution >= 4 is 28.7 Å². The number of ether oxygens (including phenoxy) is 1. The summed E-state index contributed by atoms with van der Waals surface area (Å²) in [6.45, 7) is 7.34. The van der Waals surface area contributed by atoms with Gasteiger partial charge in [0.1, 0.15) is 17.7 Å². The summed E-state index contributed by atoms with van der Waals surface area (Å²) in [5, 5.41) is 8.31. The molecule has 6 nitrogen and oxygen atoms in total. The third-order valence-corrected chi connectivity index (χ3v) is 5.41. The number of hydrogen-bond donors (Lipinski definition) is 1. The van der Waals surface area contributed by atoms with Crippen molar-refractivity contribution in [1.29, 1.82) is 0 Å². The van der Waals surface area contributed by atoms with Crippen LogP contribution in [0.15, 0.2) is 47.6 Å². The molecule has 0 saturated carbocycles. The molecule has 146 valence electrons. The maximum Gasteiger partial charge on any atom is 0.241 e. The van der Waals surface area contributed by atoms with Gasteiger partial charge in [0.25, 0.3) is 0 Å². The number of benzene rings is 2. The molecule has 0 fully saturated rings. The van der Waals surface area contributed by atoms with Crippen molar-refractivity contribution in [2.24, 2.45) is 5.10 Å². The Morgan fingerprint density at radius 2 is 1.93 bits per heavy atom. The minimum Gasteiger partial charge on any atom is -0.488 e. The predicted octanol–water partition coefficient (Wildman–Crippen LogP) is 3.88. The average Bonchev–Trinajstić information content (AvgIpc) is 3.05. The van der Waals surface area contributed by atoms with Gasteiger partial charge in [0.15, 0.2) is 5.17 Å². The van der Waals surface area contributed by atoms with E-state index in [-0.39, 0.29) is 11.8 Å². The van der Waals surface area contributed by atoms with Crippen molar-refractivity contribution in [3.8, 4) is 5.75 Å². The smallest absolute Gasteiger partial charge is 0.241 e. The van der Waals surface area contributed by atoms with E-state index in [0.29, 0.717) is 17.5 Å². The van der Waals surface area contributed by atoms with E-state index in [1.807, 2.05) is 56.3 Å². The number of amidine groups is 1. The Morgan fingerprint density at radius 3 is 2.61 bits per heavy atom. The minimum atomic E-state index is -0.397. The van der Waals surface area contributed by atoms with Crippen LogP contribution < -0.4 is 10.1 Å². The van der Waals surface area contributed by atoms with E-state index >= 15 is 0 Å². The summed E-state index contributed by atoms with van der Waals surface area (Å²) >= 11 is 1.32. The molecule has 1 N–H and O–H groups in total. The third-order valence-electron chi connectivity index (χ3n) is 4.33. The zero-order valence-corrected chi connectivity index (χ0v) is 17.2. The summed E-state index contributed by atoms with van der Waals surface area (Å²) in [5.74, 6) is 0.261. The van der Waals surface area contributed by atoms with Crippen molar-refractivity contribution in [2.45, 2.75) is 39.7 Å². The van der Waals surface area contributed by atoms with Gasteiger partial charge in [-0.1, -0.05) is 47.7 Å². The Labute approximate surface area is 169 Å². The van der Waals surface area contributed by atoms with Crippen LogP contribution in [0.3, 0.4) is 0 Å². The number of hydrogen-bond acceptors (Lipinski definition) is 5. The van der Waals surface area contributed by atoms with Crippen LogP contribution >= 0.6 is 11.8 Å². The van der Waals surface area contributed by atoms with E-state index in [9.17, 15) is 9.59 Å². The van der Waals surface area contributed by atoms with E-state index in [2.05, 4.69) is 10.4 Å². The fraction of sp³-hybridized carbons (Fsp3) is 0.286. The molecule has 7 heteroatoms. The third kappa shape index (κ3) is 4.54. The van der Waals surface area contributed by atoms with Gasteiger partial charge in [-0.25, -0.2) is 5.01 Å². The first-order valence-electron chi connectivity index (χ1n) is 8.95. The highest BCUT2D eigenvalue weighted by Gasteiger charge is 2.34. The zero-order valence-electron chi connectivity index (χ0n) is 16.4. The van der Waals surface area contributed by atoms with Crippen LogP contribution in [0.4, 0.5) is 0 Å². The molecule has 2 amide bonds. The van der Waals surface area contributed by atoms with E-state index in [1.54, 1.807) is 0 Å². The molecule has 2 aromatic carbocycles. The van der Waals surface area contributed by atoms with E-state index in [4.69, 9.17) is 4.74 Å². The Bertz CT molecular complexity index is 942. The van der Waals surface area contributed by atoms with Crippen molar-refractivity contribution in [1.82, 2.24) is 10.3 Å². The van der Waals surface area contributed by atoms with Crippen LogP contribution in [0, 0.1) is 13.8 Å². The monoisotopic (exact) mass is 397 g/mol. The number of carbonyl (C=O) groups excluding carboxylic acids is 2. The molecule has 2 aromatic rings. The Hall–Kier alpha value is -2.80. The van der Waals surface area contributed by atoms with Gasteiger partial charge in [0.05, 0.1) is 0 Å². The van der Waals surface area contributed by atoms with Gasteiger partial charge in [-0.2, -0.15) is 0 Å². The van der Waals surface area contributed by atoms with Gasteiger partial charge in [0, 0.05) is 19.4 Å². The molecule has 3 rings (SSSR count). The van der Waals surface area contributed by atoms with Crippen LogP contribution in [-0.2, 0) is 16.2 Å². The quantitative estimate of drug-likeness (QED) is 0.850. The number of aryl methyl sites for hydroxylation is 2. The second-order valence-corrected chi connectivity index (χ2v) is 7.75. The highest BCUT2D eigenvalue weighted by molar-refractivity contribution is 8.14. The molecule has 1 atom stereocenters. The predicted molar refractivity (Wildman–Crippen MR) is 111 cm³/mol. The number of amides is 2. The first-order chi connectivity index (χ1) is 13.3. The first kappa shape index (κ1) is 19.9. The lowest BCUT2D eigenvalue weighted by molar-refractivity contribution is -0.129. The number of rotatable bonds is 4. The van der Waals surface area contributed by atoms with Gasteiger partial charge < -0.3 is 10.1 Å². The molecule has 0 bridgehead atoms. The molecule has 28 heavy (non-hydrogen) atoms. The summed E-state index contributed by atoms with van der Waals surface area (Å²) in [5.41, 5.74) is 4.16. The molecule has 0 saturated heterocycles. The summed E-state index contributed by atoms with van der Waals surface area (Å²) in [7, 11) is 0. The Balaban J connectivity index is 1.88. The molecule has 0 aliphatic carbocycles. The zero-order chi connectivity index (χ0) is 20.3. The van der Waals surface area contributed by atoms with Crippen LogP contribution in [0.25, 0.3) is 0 Å². The Kier molecular flexibility index (Phi) is 6.04. The molecule has 1 unspecified atom stereocenters. The second-order valence-electron chi connectivity index (χ2n) is 6.68. The minimum absolute atomic E-state index is 0.204. The summed E-state index contributed by atoms with van der Waals surface area (Å²) in [4.78, 5) is 23.5. The average molecular weight is 398 g/mol. The lowest BCUT2D eigenvalue weighted by atomic mass is 10.1. The van der Waals surface area contributed by atoms with E-state index in [0.717, 1.165) is 22.3 Å². The van der Waals surface area contributed by atoms with E-state index < -0.39 is 5.37 Å². The van der Waals surface area contributed by atoms with Gasteiger partial charge in [-0.05, 0) is 37.1 Å². The van der Waals surface area contributed by atoms with Crippen LogP contribution in [0.1, 0.15) is 41.5 Å². The topological polar surface area (TPSA) is 71.0 Å². The van der Waals surface area contributed by atoms with Crippen molar-refractivity contribution in [3.05, 3.63) is 64.7 Å². The normalized spacial score (nSPS) is 15.9. The molecule has 0 radical (unpaired) electrons. The van der Waals surface area contributed by atoms with Crippen molar-refractivity contribution in [2.75, 3.05) is 0 Å². The highest BCUT2D eigenvalue weighted by atomic mass is 32.2. The van der Waals surface area contributed by atoms with Gasteiger partial charge in [0.2, 0.25) is 11.8 Å². The lowest BCUT2D eigenvalue weighted by Crippen LogP contribution is -2.25. The molecule has 1 aliphatic heterocycles. The fourth-order valence-corrected chi connectivity index (χ4v) is 4.04. The molecular weight excluding hydrogens is 374 g/mol. The SMILES string of the molecule is CC(=O)NC1=NN(C(C)=O)C(c2cc(C)ccc2OCc2ccccc2C)S1. The number of nitrogens with zero attached hydrogens (tertiary/aromatic N) is 2. The lowest BCUT2D eigenvalue weighted by Gasteiger charge is -2.22.